The van der Waals surface area contributed by atoms with Gasteiger partial charge < -0.3 is 14.8 Å². The molecular formula is C19H19F3N2O4. The maximum absolute atomic E-state index is 13.1. The number of ether oxygens (including phenoxy) is 2. The van der Waals surface area contributed by atoms with E-state index in [1.54, 1.807) is 20.8 Å². The van der Waals surface area contributed by atoms with Gasteiger partial charge in [0.1, 0.15) is 5.60 Å². The third-order valence-corrected chi connectivity index (χ3v) is 3.41. The lowest BCUT2D eigenvalue weighted by Gasteiger charge is -2.21. The molecule has 2 rings (SSSR count). The van der Waals surface area contributed by atoms with Crippen LogP contribution in [0.3, 0.4) is 0 Å². The molecule has 0 unspecified atom stereocenters. The summed E-state index contributed by atoms with van der Waals surface area (Å²) in [4.78, 5) is 28.9. The van der Waals surface area contributed by atoms with Crippen molar-refractivity contribution in [1.29, 1.82) is 0 Å². The second kappa shape index (κ2) is 7.87. The van der Waals surface area contributed by atoms with Gasteiger partial charge in [0, 0.05) is 18.0 Å². The SMILES string of the molecule is COc1cc(NC(=O)c2cc(C(F)(F)F)ccc2C(=O)OC(C)(C)C)ccn1. The van der Waals surface area contributed by atoms with Gasteiger partial charge in [-0.15, -0.1) is 0 Å². The van der Waals surface area contributed by atoms with Crippen LogP contribution in [0.2, 0.25) is 0 Å². The van der Waals surface area contributed by atoms with Gasteiger partial charge in [-0.1, -0.05) is 0 Å². The van der Waals surface area contributed by atoms with Crippen LogP contribution >= 0.6 is 0 Å². The molecular weight excluding hydrogens is 377 g/mol. The summed E-state index contributed by atoms with van der Waals surface area (Å²) >= 11 is 0. The van der Waals surface area contributed by atoms with Crippen LogP contribution in [-0.4, -0.2) is 29.6 Å². The van der Waals surface area contributed by atoms with Crippen LogP contribution in [0.5, 0.6) is 5.88 Å². The predicted octanol–water partition coefficient (Wildman–Crippen LogP) is 4.32. The molecule has 0 aliphatic rings. The molecule has 0 fully saturated rings. The number of pyridine rings is 1. The van der Waals surface area contributed by atoms with Gasteiger partial charge in [0.2, 0.25) is 5.88 Å². The van der Waals surface area contributed by atoms with E-state index in [9.17, 15) is 22.8 Å². The number of carbonyl (C=O) groups is 2. The molecule has 150 valence electrons. The number of amides is 1. The first-order chi connectivity index (χ1) is 12.9. The van der Waals surface area contributed by atoms with Crippen LogP contribution in [0.25, 0.3) is 0 Å². The van der Waals surface area contributed by atoms with Crippen molar-refractivity contribution in [3.8, 4) is 5.88 Å². The normalized spacial score (nSPS) is 11.7. The lowest BCUT2D eigenvalue weighted by Crippen LogP contribution is -2.26. The van der Waals surface area contributed by atoms with E-state index in [1.165, 1.54) is 25.4 Å². The van der Waals surface area contributed by atoms with Gasteiger partial charge in [-0.3, -0.25) is 4.79 Å². The first kappa shape index (κ1) is 21.2. The lowest BCUT2D eigenvalue weighted by atomic mass is 10.0. The van der Waals surface area contributed by atoms with Crippen LogP contribution in [0.15, 0.2) is 36.5 Å². The van der Waals surface area contributed by atoms with Crippen molar-refractivity contribution in [3.63, 3.8) is 0 Å². The highest BCUT2D eigenvalue weighted by atomic mass is 19.4. The minimum atomic E-state index is -4.68. The largest absolute Gasteiger partial charge is 0.481 e. The summed E-state index contributed by atoms with van der Waals surface area (Å²) in [6.45, 7) is 4.83. The predicted molar refractivity (Wildman–Crippen MR) is 95.4 cm³/mol. The lowest BCUT2D eigenvalue weighted by molar-refractivity contribution is -0.137. The van der Waals surface area contributed by atoms with E-state index < -0.39 is 34.8 Å². The molecule has 0 saturated carbocycles. The Morgan fingerprint density at radius 1 is 1.04 bits per heavy atom. The van der Waals surface area contributed by atoms with Crippen molar-refractivity contribution >= 4 is 17.6 Å². The maximum atomic E-state index is 13.1. The summed E-state index contributed by atoms with van der Waals surface area (Å²) in [5, 5.41) is 2.44. The third kappa shape index (κ3) is 5.45. The zero-order valence-electron chi connectivity index (χ0n) is 15.7. The van der Waals surface area contributed by atoms with Gasteiger partial charge in [0.05, 0.1) is 23.8 Å². The molecule has 2 aromatic rings. The molecule has 0 bridgehead atoms. The van der Waals surface area contributed by atoms with Crippen LogP contribution in [0, 0.1) is 0 Å². The second-order valence-electron chi connectivity index (χ2n) is 6.80. The number of nitrogens with zero attached hydrogens (tertiary/aromatic N) is 1. The molecule has 1 aromatic carbocycles. The van der Waals surface area contributed by atoms with Crippen LogP contribution in [0.1, 0.15) is 47.1 Å². The van der Waals surface area contributed by atoms with E-state index >= 15 is 0 Å². The summed E-state index contributed by atoms with van der Waals surface area (Å²) in [6, 6.07) is 5.09. The Kier molecular flexibility index (Phi) is 5.96. The summed E-state index contributed by atoms with van der Waals surface area (Å²) in [5.74, 6) is -1.60. The van der Waals surface area contributed by atoms with Gasteiger partial charge in [-0.05, 0) is 45.0 Å². The molecule has 0 spiro atoms. The van der Waals surface area contributed by atoms with Gasteiger partial charge in [-0.2, -0.15) is 13.2 Å². The van der Waals surface area contributed by atoms with E-state index in [1.807, 2.05) is 0 Å². The zero-order chi connectivity index (χ0) is 21.1. The quantitative estimate of drug-likeness (QED) is 0.779. The number of aromatic nitrogens is 1. The fraction of sp³-hybridized carbons (Fsp3) is 0.316. The maximum Gasteiger partial charge on any atom is 0.416 e. The van der Waals surface area contributed by atoms with E-state index in [-0.39, 0.29) is 17.1 Å². The minimum Gasteiger partial charge on any atom is -0.481 e. The Bertz CT molecular complexity index is 889. The standard InChI is InChI=1S/C19H19F3N2O4/c1-18(2,3)28-17(26)13-6-5-11(19(20,21)22)9-14(13)16(25)24-12-7-8-23-15(10-12)27-4/h5-10H,1-4H3,(H,23,24,25). The molecule has 0 radical (unpaired) electrons. The molecule has 9 heteroatoms. The molecule has 1 aromatic heterocycles. The number of alkyl halides is 3. The monoisotopic (exact) mass is 396 g/mol. The second-order valence-corrected chi connectivity index (χ2v) is 6.80. The third-order valence-electron chi connectivity index (χ3n) is 3.41. The number of nitrogens with one attached hydrogen (secondary N) is 1. The Balaban J connectivity index is 2.45. The van der Waals surface area contributed by atoms with E-state index in [2.05, 4.69) is 10.3 Å². The highest BCUT2D eigenvalue weighted by molar-refractivity contribution is 6.11. The Hall–Kier alpha value is -3.10. The van der Waals surface area contributed by atoms with Crippen molar-refractivity contribution in [3.05, 3.63) is 53.2 Å². The molecule has 6 nitrogen and oxygen atoms in total. The molecule has 1 amide bonds. The number of esters is 1. The molecule has 0 aliphatic carbocycles. The van der Waals surface area contributed by atoms with Crippen molar-refractivity contribution in [2.24, 2.45) is 0 Å². The van der Waals surface area contributed by atoms with Crippen LogP contribution < -0.4 is 10.1 Å². The first-order valence-corrected chi connectivity index (χ1v) is 8.17. The van der Waals surface area contributed by atoms with Gasteiger partial charge in [-0.25, -0.2) is 9.78 Å². The van der Waals surface area contributed by atoms with E-state index in [4.69, 9.17) is 9.47 Å². The Labute approximate surface area is 159 Å². The number of hydrogen-bond acceptors (Lipinski definition) is 5. The molecule has 0 saturated heterocycles. The molecule has 1 N–H and O–H groups in total. The number of rotatable bonds is 4. The molecule has 1 heterocycles. The number of benzene rings is 1. The van der Waals surface area contributed by atoms with E-state index in [0.29, 0.717) is 6.07 Å². The van der Waals surface area contributed by atoms with Crippen LogP contribution in [-0.2, 0) is 10.9 Å². The van der Waals surface area contributed by atoms with Crippen molar-refractivity contribution < 1.29 is 32.2 Å². The highest BCUT2D eigenvalue weighted by Gasteiger charge is 2.33. The topological polar surface area (TPSA) is 77.5 Å². The fourth-order valence-corrected chi connectivity index (χ4v) is 2.22. The summed E-state index contributed by atoms with van der Waals surface area (Å²) < 4.78 is 49.4. The van der Waals surface area contributed by atoms with E-state index in [0.717, 1.165) is 12.1 Å². The summed E-state index contributed by atoms with van der Waals surface area (Å²) in [6.07, 6.45) is -3.32. The molecule has 0 aliphatic heterocycles. The molecule has 0 atom stereocenters. The Morgan fingerprint density at radius 2 is 1.71 bits per heavy atom. The molecule has 28 heavy (non-hydrogen) atoms. The van der Waals surface area contributed by atoms with Crippen molar-refractivity contribution in [2.75, 3.05) is 12.4 Å². The van der Waals surface area contributed by atoms with Gasteiger partial charge in [0.15, 0.2) is 0 Å². The van der Waals surface area contributed by atoms with Crippen molar-refractivity contribution in [2.45, 2.75) is 32.5 Å². The van der Waals surface area contributed by atoms with Crippen LogP contribution in [0.4, 0.5) is 18.9 Å². The minimum absolute atomic E-state index is 0.203. The average molecular weight is 396 g/mol. The number of hydrogen-bond donors (Lipinski definition) is 1. The zero-order valence-corrected chi connectivity index (χ0v) is 15.7. The first-order valence-electron chi connectivity index (χ1n) is 8.17. The summed E-state index contributed by atoms with van der Waals surface area (Å²) in [5.41, 5.74) is -2.44. The van der Waals surface area contributed by atoms with Gasteiger partial charge in [0.25, 0.3) is 5.91 Å². The summed E-state index contributed by atoms with van der Waals surface area (Å²) in [7, 11) is 1.38. The smallest absolute Gasteiger partial charge is 0.416 e. The fourth-order valence-electron chi connectivity index (χ4n) is 2.22. The number of halogens is 3. The van der Waals surface area contributed by atoms with Gasteiger partial charge >= 0.3 is 12.1 Å². The number of anilines is 1. The number of carbonyl (C=O) groups excluding carboxylic acids is 2. The Morgan fingerprint density at radius 3 is 2.29 bits per heavy atom. The number of methoxy groups -OCH3 is 1. The highest BCUT2D eigenvalue weighted by Crippen LogP contribution is 2.31. The average Bonchev–Trinajstić information content (AvgIpc) is 2.59. The van der Waals surface area contributed by atoms with Crippen molar-refractivity contribution in [1.82, 2.24) is 4.98 Å².